The number of methoxy groups -OCH3 is 1. The molecule has 2 aromatic rings. The summed E-state index contributed by atoms with van der Waals surface area (Å²) in [6.45, 7) is 4.19. The fourth-order valence-corrected chi connectivity index (χ4v) is 4.45. The lowest BCUT2D eigenvalue weighted by Gasteiger charge is -2.39. The van der Waals surface area contributed by atoms with Crippen LogP contribution in [0.3, 0.4) is 0 Å². The highest BCUT2D eigenvalue weighted by Crippen LogP contribution is 2.32. The number of amides is 2. The van der Waals surface area contributed by atoms with E-state index in [1.54, 1.807) is 31.4 Å². The molecule has 3 atom stereocenters. The van der Waals surface area contributed by atoms with Gasteiger partial charge in [0.05, 0.1) is 18.6 Å². The van der Waals surface area contributed by atoms with Gasteiger partial charge in [0.2, 0.25) is 17.8 Å². The number of aromatic amines is 1. The molecule has 3 N–H and O–H groups in total. The van der Waals surface area contributed by atoms with Gasteiger partial charge in [-0.1, -0.05) is 0 Å². The Balaban J connectivity index is 1.65. The van der Waals surface area contributed by atoms with Gasteiger partial charge in [0, 0.05) is 24.2 Å². The van der Waals surface area contributed by atoms with Gasteiger partial charge in [-0.15, -0.1) is 0 Å². The highest BCUT2D eigenvalue weighted by molar-refractivity contribution is 6.04. The quantitative estimate of drug-likeness (QED) is 0.693. The SMILES string of the molecule is COc1ccc(NC(=O)[C@@H]2CC(=O)Nc3nc(N4[C@H](C)CCC[C@H]4C)[nH]c(=O)c32)cc1. The van der Waals surface area contributed by atoms with Crippen molar-refractivity contribution < 1.29 is 14.3 Å². The molecule has 31 heavy (non-hydrogen) atoms. The zero-order valence-corrected chi connectivity index (χ0v) is 17.9. The Labute approximate surface area is 180 Å². The summed E-state index contributed by atoms with van der Waals surface area (Å²) in [6.07, 6.45) is 3.02. The van der Waals surface area contributed by atoms with Crippen LogP contribution in [0.5, 0.6) is 5.75 Å². The maximum Gasteiger partial charge on any atom is 0.258 e. The van der Waals surface area contributed by atoms with Crippen molar-refractivity contribution in [2.75, 3.05) is 22.6 Å². The van der Waals surface area contributed by atoms with Crippen LogP contribution in [0.2, 0.25) is 0 Å². The topological polar surface area (TPSA) is 116 Å². The summed E-state index contributed by atoms with van der Waals surface area (Å²) in [5.74, 6) is -0.441. The van der Waals surface area contributed by atoms with Crippen LogP contribution in [-0.2, 0) is 9.59 Å². The minimum Gasteiger partial charge on any atom is -0.497 e. The number of hydrogen-bond donors (Lipinski definition) is 3. The largest absolute Gasteiger partial charge is 0.497 e. The second kappa shape index (κ2) is 8.41. The molecule has 3 heterocycles. The molecule has 2 aliphatic heterocycles. The number of hydrogen-bond acceptors (Lipinski definition) is 6. The summed E-state index contributed by atoms with van der Waals surface area (Å²) >= 11 is 0. The van der Waals surface area contributed by atoms with E-state index in [1.807, 2.05) is 0 Å². The molecule has 0 aliphatic carbocycles. The van der Waals surface area contributed by atoms with Crippen molar-refractivity contribution in [3.05, 3.63) is 40.2 Å². The molecule has 0 unspecified atom stereocenters. The van der Waals surface area contributed by atoms with E-state index in [1.165, 1.54) is 0 Å². The van der Waals surface area contributed by atoms with Gasteiger partial charge in [-0.2, -0.15) is 4.98 Å². The highest BCUT2D eigenvalue weighted by Gasteiger charge is 2.36. The first-order chi connectivity index (χ1) is 14.9. The normalized spacial score (nSPS) is 23.0. The molecule has 2 amide bonds. The molecule has 1 aromatic heterocycles. The Hall–Kier alpha value is -3.36. The van der Waals surface area contributed by atoms with Gasteiger partial charge >= 0.3 is 0 Å². The van der Waals surface area contributed by atoms with Crippen molar-refractivity contribution in [2.24, 2.45) is 0 Å². The summed E-state index contributed by atoms with van der Waals surface area (Å²) in [5.41, 5.74) is 0.335. The van der Waals surface area contributed by atoms with E-state index in [0.717, 1.165) is 19.3 Å². The Bertz CT molecular complexity index is 1040. The van der Waals surface area contributed by atoms with E-state index in [0.29, 0.717) is 17.4 Å². The number of H-pyrrole nitrogens is 1. The Kier molecular flexibility index (Phi) is 5.67. The summed E-state index contributed by atoms with van der Waals surface area (Å²) in [6, 6.07) is 7.28. The fraction of sp³-hybridized carbons (Fsp3) is 0.455. The second-order valence-electron chi connectivity index (χ2n) is 8.21. The number of benzene rings is 1. The lowest BCUT2D eigenvalue weighted by Crippen LogP contribution is -2.46. The van der Waals surface area contributed by atoms with Crippen molar-refractivity contribution in [1.82, 2.24) is 9.97 Å². The zero-order valence-electron chi connectivity index (χ0n) is 17.9. The van der Waals surface area contributed by atoms with Crippen LogP contribution >= 0.6 is 0 Å². The molecule has 2 aliphatic rings. The smallest absolute Gasteiger partial charge is 0.258 e. The Morgan fingerprint density at radius 1 is 1.16 bits per heavy atom. The van der Waals surface area contributed by atoms with Gasteiger partial charge in [-0.05, 0) is 57.4 Å². The zero-order chi connectivity index (χ0) is 22.1. The third-order valence-corrected chi connectivity index (χ3v) is 6.05. The molecule has 9 nitrogen and oxygen atoms in total. The molecule has 164 valence electrons. The molecule has 4 rings (SSSR count). The van der Waals surface area contributed by atoms with Crippen LogP contribution in [-0.4, -0.2) is 41.0 Å². The van der Waals surface area contributed by atoms with Gasteiger partial charge in [-0.3, -0.25) is 19.4 Å². The van der Waals surface area contributed by atoms with E-state index >= 15 is 0 Å². The predicted molar refractivity (Wildman–Crippen MR) is 118 cm³/mol. The summed E-state index contributed by atoms with van der Waals surface area (Å²) < 4.78 is 5.12. The van der Waals surface area contributed by atoms with E-state index in [9.17, 15) is 14.4 Å². The number of ether oxygens (including phenoxy) is 1. The number of nitrogens with zero attached hydrogens (tertiary/aromatic N) is 2. The van der Waals surface area contributed by atoms with E-state index in [-0.39, 0.29) is 35.8 Å². The predicted octanol–water partition coefficient (Wildman–Crippen LogP) is 2.61. The molecular weight excluding hydrogens is 398 g/mol. The molecule has 0 radical (unpaired) electrons. The Morgan fingerprint density at radius 3 is 2.48 bits per heavy atom. The van der Waals surface area contributed by atoms with Crippen molar-refractivity contribution in [3.8, 4) is 5.75 Å². The summed E-state index contributed by atoms with van der Waals surface area (Å²) in [7, 11) is 1.56. The fourth-order valence-electron chi connectivity index (χ4n) is 4.45. The van der Waals surface area contributed by atoms with Crippen LogP contribution in [0.1, 0.15) is 51.0 Å². The van der Waals surface area contributed by atoms with Gasteiger partial charge in [0.15, 0.2) is 0 Å². The number of rotatable bonds is 4. The molecular formula is C22H27N5O4. The summed E-state index contributed by atoms with van der Waals surface area (Å²) in [4.78, 5) is 47.8. The van der Waals surface area contributed by atoms with E-state index in [2.05, 4.69) is 39.3 Å². The molecule has 0 bridgehead atoms. The van der Waals surface area contributed by atoms with Crippen LogP contribution in [0, 0.1) is 0 Å². The maximum atomic E-state index is 13.0. The first-order valence-electron chi connectivity index (χ1n) is 10.5. The Morgan fingerprint density at radius 2 is 1.84 bits per heavy atom. The van der Waals surface area contributed by atoms with Gasteiger partial charge < -0.3 is 20.3 Å². The number of carbonyl (C=O) groups excluding carboxylic acids is 2. The average Bonchev–Trinajstić information content (AvgIpc) is 2.73. The first kappa shape index (κ1) is 20.9. The molecule has 1 saturated heterocycles. The lowest BCUT2D eigenvalue weighted by atomic mass is 9.92. The van der Waals surface area contributed by atoms with Gasteiger partial charge in [0.25, 0.3) is 5.56 Å². The van der Waals surface area contributed by atoms with E-state index in [4.69, 9.17) is 4.74 Å². The molecule has 1 aromatic carbocycles. The van der Waals surface area contributed by atoms with Crippen molar-refractivity contribution in [1.29, 1.82) is 0 Å². The van der Waals surface area contributed by atoms with Crippen LogP contribution in [0.15, 0.2) is 29.1 Å². The lowest BCUT2D eigenvalue weighted by molar-refractivity contribution is -0.123. The second-order valence-corrected chi connectivity index (χ2v) is 8.21. The van der Waals surface area contributed by atoms with Crippen LogP contribution in [0.4, 0.5) is 17.5 Å². The van der Waals surface area contributed by atoms with Crippen LogP contribution < -0.4 is 25.8 Å². The average molecular weight is 425 g/mol. The van der Waals surface area contributed by atoms with Crippen LogP contribution in [0.25, 0.3) is 0 Å². The number of aromatic nitrogens is 2. The number of nitrogens with one attached hydrogen (secondary N) is 3. The maximum absolute atomic E-state index is 13.0. The molecule has 0 saturated carbocycles. The van der Waals surface area contributed by atoms with Crippen molar-refractivity contribution >= 4 is 29.3 Å². The minimum absolute atomic E-state index is 0.115. The number of piperidine rings is 1. The highest BCUT2D eigenvalue weighted by atomic mass is 16.5. The first-order valence-corrected chi connectivity index (χ1v) is 10.5. The van der Waals surface area contributed by atoms with E-state index < -0.39 is 17.4 Å². The minimum atomic E-state index is -0.924. The molecule has 9 heteroatoms. The third kappa shape index (κ3) is 4.12. The molecule has 0 spiro atoms. The van der Waals surface area contributed by atoms with Gasteiger partial charge in [0.1, 0.15) is 11.6 Å². The molecule has 1 fully saturated rings. The van der Waals surface area contributed by atoms with Gasteiger partial charge in [-0.25, -0.2) is 0 Å². The number of carbonyl (C=O) groups is 2. The monoisotopic (exact) mass is 425 g/mol. The number of anilines is 3. The van der Waals surface area contributed by atoms with Crippen molar-refractivity contribution in [2.45, 2.75) is 57.5 Å². The third-order valence-electron chi connectivity index (χ3n) is 6.05. The van der Waals surface area contributed by atoms with Crippen molar-refractivity contribution in [3.63, 3.8) is 0 Å². The standard InChI is InChI=1S/C22H27N5O4/c1-12-5-4-6-13(2)27(12)22-25-19-18(21(30)26-22)16(11-17(28)24-19)20(29)23-14-7-9-15(31-3)10-8-14/h7-10,12-13,16H,4-6,11H2,1-3H3,(H,23,29)(H2,24,25,26,28,30)/t12-,13-,16-/m1/s1. The number of fused-ring (bicyclic) bond motifs is 1. The summed E-state index contributed by atoms with van der Waals surface area (Å²) in [5, 5.41) is 5.46.